The molecule has 0 bridgehead atoms. The molecule has 0 saturated heterocycles. The van der Waals surface area contributed by atoms with Crippen LogP contribution in [0.3, 0.4) is 0 Å². The number of nitrogens with one attached hydrogen (secondary N) is 1. The minimum atomic E-state index is -3.65. The minimum Gasteiger partial charge on any atom is -0.350 e. The Balaban J connectivity index is 4.45. The van der Waals surface area contributed by atoms with Crippen molar-refractivity contribution in [2.24, 2.45) is 0 Å². The summed E-state index contributed by atoms with van der Waals surface area (Å²) >= 11 is 0. The highest BCUT2D eigenvalue weighted by Gasteiger charge is 2.28. The van der Waals surface area contributed by atoms with Crippen molar-refractivity contribution in [3.8, 4) is 0 Å². The van der Waals surface area contributed by atoms with E-state index in [9.17, 15) is 13.2 Å². The lowest BCUT2D eigenvalue weighted by molar-refractivity contribution is -0.117. The fourth-order valence-corrected chi connectivity index (χ4v) is 5.67. The highest BCUT2D eigenvalue weighted by Crippen LogP contribution is 2.20. The molecule has 5 nitrogen and oxygen atoms in total. The zero-order valence-corrected chi connectivity index (χ0v) is 22.7. The lowest BCUT2D eigenvalue weighted by Crippen LogP contribution is -2.37. The molecule has 0 aliphatic carbocycles. The summed E-state index contributed by atoms with van der Waals surface area (Å²) in [4.78, 5) is 11.6. The first-order valence-corrected chi connectivity index (χ1v) is 15.2. The van der Waals surface area contributed by atoms with Gasteiger partial charge in [-0.3, -0.25) is 8.98 Å². The van der Waals surface area contributed by atoms with Gasteiger partial charge >= 0.3 is 0 Å². The van der Waals surface area contributed by atoms with Gasteiger partial charge in [0.05, 0.1) is 11.9 Å². The van der Waals surface area contributed by atoms with Crippen molar-refractivity contribution in [2.75, 3.05) is 6.61 Å². The maximum atomic E-state index is 12.9. The summed E-state index contributed by atoms with van der Waals surface area (Å²) in [5.74, 6) is -0.273. The molecule has 0 aliphatic rings. The monoisotopic (exact) mass is 487 g/mol. The van der Waals surface area contributed by atoms with Gasteiger partial charge < -0.3 is 5.32 Å². The lowest BCUT2D eigenvalue weighted by Gasteiger charge is -2.21. The number of amides is 1. The summed E-state index contributed by atoms with van der Waals surface area (Å²) in [5.41, 5.74) is 0. The van der Waals surface area contributed by atoms with Crippen LogP contribution in [0.25, 0.3) is 0 Å². The molecule has 0 aromatic rings. The fraction of sp³-hybridized carbons (Fsp3) is 0.889. The van der Waals surface area contributed by atoms with Crippen LogP contribution >= 0.6 is 0 Å². The molecule has 196 valence electrons. The molecule has 6 heteroatoms. The van der Waals surface area contributed by atoms with E-state index in [1.54, 1.807) is 0 Å². The minimum absolute atomic E-state index is 0.240. The third-order valence-electron chi connectivity index (χ3n) is 6.22. The zero-order valence-electron chi connectivity index (χ0n) is 21.9. The number of carbonyl (C=O) groups excluding carboxylic acids is 1. The van der Waals surface area contributed by atoms with E-state index in [1.807, 2.05) is 6.92 Å². The molecule has 0 heterocycles. The molecule has 33 heavy (non-hydrogen) atoms. The van der Waals surface area contributed by atoms with Gasteiger partial charge in [0.2, 0.25) is 5.91 Å². The highest BCUT2D eigenvalue weighted by atomic mass is 32.2. The van der Waals surface area contributed by atoms with Gasteiger partial charge in [-0.25, -0.2) is 0 Å². The second-order valence-electron chi connectivity index (χ2n) is 9.52. The summed E-state index contributed by atoms with van der Waals surface area (Å²) in [6.07, 6.45) is 20.8. The molecular formula is C27H53NO4S. The number of hydrogen-bond donors (Lipinski definition) is 1. The molecule has 1 amide bonds. The van der Waals surface area contributed by atoms with Crippen LogP contribution in [0, 0.1) is 0 Å². The van der Waals surface area contributed by atoms with Gasteiger partial charge in [-0.15, -0.1) is 0 Å². The van der Waals surface area contributed by atoms with E-state index in [0.717, 1.165) is 38.5 Å². The quantitative estimate of drug-likeness (QED) is 0.0871. The van der Waals surface area contributed by atoms with Crippen LogP contribution in [-0.4, -0.2) is 32.2 Å². The molecule has 0 saturated carbocycles. The number of carbonyl (C=O) groups is 1. The van der Waals surface area contributed by atoms with Crippen LogP contribution in [-0.2, 0) is 19.1 Å². The molecular weight excluding hydrogens is 434 g/mol. The lowest BCUT2D eigenvalue weighted by atomic mass is 10.0. The van der Waals surface area contributed by atoms with Crippen LogP contribution in [0.1, 0.15) is 136 Å². The molecule has 1 N–H and O–H groups in total. The van der Waals surface area contributed by atoms with Crippen LogP contribution in [0.5, 0.6) is 0 Å². The van der Waals surface area contributed by atoms with Gasteiger partial charge in [-0.05, 0) is 32.3 Å². The first kappa shape index (κ1) is 32.1. The predicted octanol–water partition coefficient (Wildman–Crippen LogP) is 7.45. The van der Waals surface area contributed by atoms with Gasteiger partial charge in [0, 0.05) is 6.04 Å². The Morgan fingerprint density at radius 1 is 0.818 bits per heavy atom. The van der Waals surface area contributed by atoms with Crippen molar-refractivity contribution < 1.29 is 17.4 Å². The van der Waals surface area contributed by atoms with E-state index < -0.39 is 15.4 Å². The molecule has 0 aromatic heterocycles. The summed E-state index contributed by atoms with van der Waals surface area (Å²) in [7, 11) is -3.65. The van der Waals surface area contributed by atoms with Crippen molar-refractivity contribution in [1.29, 1.82) is 0 Å². The molecule has 0 aliphatic heterocycles. The molecule has 0 spiro atoms. The van der Waals surface area contributed by atoms with Crippen LogP contribution in [0.2, 0.25) is 0 Å². The standard InChI is InChI=1S/C27H53NO4S/c1-5-8-10-12-14-16-18-20-22-26(24-25(4)28-27(29)7-3)33(30,31)32-23-21-19-17-15-13-11-9-6-2/h7,25-26H,3,5-6,8-24H2,1-2,4H3,(H,28,29). The van der Waals surface area contributed by atoms with Crippen LogP contribution < -0.4 is 5.32 Å². The SMILES string of the molecule is C=CC(=O)NC(C)CC(CCCCCCCCCC)S(=O)(=O)OCCCCCCCCCC. The van der Waals surface area contributed by atoms with E-state index in [1.165, 1.54) is 70.3 Å². The average molecular weight is 488 g/mol. The molecule has 0 aromatic carbocycles. The Labute approximate surface area is 205 Å². The van der Waals surface area contributed by atoms with Crippen molar-refractivity contribution >= 4 is 16.0 Å². The van der Waals surface area contributed by atoms with Gasteiger partial charge in [-0.1, -0.05) is 117 Å². The maximum Gasteiger partial charge on any atom is 0.270 e. The average Bonchev–Trinajstić information content (AvgIpc) is 2.78. The van der Waals surface area contributed by atoms with Crippen molar-refractivity contribution in [3.05, 3.63) is 12.7 Å². The predicted molar refractivity (Wildman–Crippen MR) is 141 cm³/mol. The summed E-state index contributed by atoms with van der Waals surface area (Å²) in [6.45, 7) is 10.0. The molecule has 2 atom stereocenters. The largest absolute Gasteiger partial charge is 0.350 e. The molecule has 2 unspecified atom stereocenters. The number of rotatable bonds is 24. The van der Waals surface area contributed by atoms with Gasteiger partial charge in [-0.2, -0.15) is 8.42 Å². The van der Waals surface area contributed by atoms with E-state index in [4.69, 9.17) is 4.18 Å². The van der Waals surface area contributed by atoms with Gasteiger partial charge in [0.25, 0.3) is 10.1 Å². The maximum absolute atomic E-state index is 12.9. The Kier molecular flexibility index (Phi) is 21.1. The Hall–Kier alpha value is -0.880. The van der Waals surface area contributed by atoms with Crippen molar-refractivity contribution in [1.82, 2.24) is 5.32 Å². The normalized spacial score (nSPS) is 13.5. The van der Waals surface area contributed by atoms with E-state index in [-0.39, 0.29) is 18.6 Å². The van der Waals surface area contributed by atoms with Gasteiger partial charge in [0.15, 0.2) is 0 Å². The first-order valence-electron chi connectivity index (χ1n) is 13.7. The van der Waals surface area contributed by atoms with E-state index >= 15 is 0 Å². The summed E-state index contributed by atoms with van der Waals surface area (Å²) in [6, 6.07) is -0.240. The Morgan fingerprint density at radius 2 is 1.27 bits per heavy atom. The van der Waals surface area contributed by atoms with Crippen LogP contribution in [0.4, 0.5) is 0 Å². The van der Waals surface area contributed by atoms with E-state index in [2.05, 4.69) is 25.7 Å². The van der Waals surface area contributed by atoms with Gasteiger partial charge in [0.1, 0.15) is 0 Å². The van der Waals surface area contributed by atoms with Crippen molar-refractivity contribution in [3.63, 3.8) is 0 Å². The third kappa shape index (κ3) is 19.2. The van der Waals surface area contributed by atoms with Crippen LogP contribution in [0.15, 0.2) is 12.7 Å². The number of unbranched alkanes of at least 4 members (excludes halogenated alkanes) is 14. The Bertz CT molecular complexity index is 577. The first-order chi connectivity index (χ1) is 15.9. The third-order valence-corrected chi connectivity index (χ3v) is 7.96. The molecule has 0 fully saturated rings. The number of hydrogen-bond acceptors (Lipinski definition) is 4. The molecule has 0 radical (unpaired) electrons. The zero-order chi connectivity index (χ0) is 24.8. The second kappa shape index (κ2) is 21.6. The Morgan fingerprint density at radius 3 is 1.76 bits per heavy atom. The van der Waals surface area contributed by atoms with Crippen molar-refractivity contribution in [2.45, 2.75) is 148 Å². The molecule has 0 rings (SSSR count). The highest BCUT2D eigenvalue weighted by molar-refractivity contribution is 7.87. The van der Waals surface area contributed by atoms with E-state index in [0.29, 0.717) is 12.8 Å². The second-order valence-corrected chi connectivity index (χ2v) is 11.4. The topological polar surface area (TPSA) is 72.5 Å². The fourth-order valence-electron chi connectivity index (χ4n) is 4.15. The summed E-state index contributed by atoms with van der Waals surface area (Å²) in [5, 5.41) is 2.21. The summed E-state index contributed by atoms with van der Waals surface area (Å²) < 4.78 is 31.3. The smallest absolute Gasteiger partial charge is 0.270 e.